The van der Waals surface area contributed by atoms with E-state index < -0.39 is 55.6 Å². The van der Waals surface area contributed by atoms with Crippen molar-refractivity contribution in [1.29, 1.82) is 0 Å². The minimum Gasteiger partial charge on any atom is -0.497 e. The minimum atomic E-state index is -1.80. The number of fused-ring (bicyclic) bond motifs is 1. The zero-order valence-corrected chi connectivity index (χ0v) is 30.0. The van der Waals surface area contributed by atoms with Gasteiger partial charge in [0.05, 0.1) is 26.4 Å². The molecule has 13 heteroatoms. The molecule has 11 nitrogen and oxygen atoms in total. The van der Waals surface area contributed by atoms with Crippen molar-refractivity contribution in [3.05, 3.63) is 129 Å². The molecule has 7 rings (SSSR count). The summed E-state index contributed by atoms with van der Waals surface area (Å²) < 4.78 is 57.5. The monoisotopic (exact) mass is 719 g/mol. The molecule has 51 heavy (non-hydrogen) atoms. The van der Waals surface area contributed by atoms with Crippen LogP contribution in [-0.2, 0) is 24.1 Å². The Kier molecular flexibility index (Phi) is 10.2. The number of hydrogen-bond donors (Lipinski definition) is 1. The van der Waals surface area contributed by atoms with Gasteiger partial charge in [-0.2, -0.15) is 0 Å². The average molecular weight is 720 g/mol. The Balaban J connectivity index is 1.29. The fourth-order valence-corrected chi connectivity index (χ4v) is 9.56. The number of methoxy groups -OCH3 is 2. The van der Waals surface area contributed by atoms with Gasteiger partial charge < -0.3 is 28.0 Å². The molecule has 1 aromatic heterocycles. The van der Waals surface area contributed by atoms with Crippen molar-refractivity contribution in [2.45, 2.75) is 74.5 Å². The molecule has 270 valence electrons. The van der Waals surface area contributed by atoms with Crippen molar-refractivity contribution in [1.82, 2.24) is 14.2 Å². The fraction of sp³-hybridized carbons (Fsp3) is 0.421. The second-order valence-corrected chi connectivity index (χ2v) is 14.9. The summed E-state index contributed by atoms with van der Waals surface area (Å²) >= 11 is 0. The first-order valence-corrected chi connectivity index (χ1v) is 18.3. The molecule has 1 saturated carbocycles. The molecule has 0 radical (unpaired) electrons. The summed E-state index contributed by atoms with van der Waals surface area (Å²) in [6, 6.07) is 26.3. The average Bonchev–Trinajstić information content (AvgIpc) is 3.60. The van der Waals surface area contributed by atoms with Gasteiger partial charge in [0, 0.05) is 18.3 Å². The molecule has 4 aromatic rings. The summed E-state index contributed by atoms with van der Waals surface area (Å²) in [5.74, 6) is 1.35. The number of nitrogens with one attached hydrogen (secondary N) is 1. The van der Waals surface area contributed by atoms with Crippen LogP contribution in [0, 0.1) is 0 Å². The molecular formula is C38H43FN3O8P. The normalized spacial score (nSPS) is 28.0. The van der Waals surface area contributed by atoms with Crippen LogP contribution >= 0.6 is 8.53 Å². The molecule has 0 bridgehead atoms. The van der Waals surface area contributed by atoms with Gasteiger partial charge in [-0.25, -0.2) is 13.9 Å². The highest BCUT2D eigenvalue weighted by atomic mass is 31.2. The molecule has 3 aliphatic rings. The molecule has 3 heterocycles. The molecule has 0 spiro atoms. The molecule has 0 unspecified atom stereocenters. The van der Waals surface area contributed by atoms with E-state index in [0.717, 1.165) is 53.0 Å². The lowest BCUT2D eigenvalue weighted by atomic mass is 9.80. The first kappa shape index (κ1) is 35.5. The Morgan fingerprint density at radius 1 is 0.922 bits per heavy atom. The van der Waals surface area contributed by atoms with Gasteiger partial charge in [0.15, 0.2) is 12.4 Å². The Bertz CT molecular complexity index is 1860. The lowest BCUT2D eigenvalue weighted by Crippen LogP contribution is -2.43. The maximum Gasteiger partial charge on any atom is 0.330 e. The van der Waals surface area contributed by atoms with Gasteiger partial charge in [-0.05, 0) is 67.8 Å². The highest BCUT2D eigenvalue weighted by molar-refractivity contribution is 7.45. The van der Waals surface area contributed by atoms with Gasteiger partial charge >= 0.3 is 5.69 Å². The van der Waals surface area contributed by atoms with Crippen molar-refractivity contribution < 1.29 is 32.4 Å². The zero-order chi connectivity index (χ0) is 35.8. The van der Waals surface area contributed by atoms with E-state index in [1.54, 1.807) is 14.2 Å². The summed E-state index contributed by atoms with van der Waals surface area (Å²) in [6.07, 6.45) is -0.135. The summed E-state index contributed by atoms with van der Waals surface area (Å²) in [7, 11) is 3.51. The van der Waals surface area contributed by atoms with Gasteiger partial charge in [0.1, 0.15) is 29.3 Å². The van der Waals surface area contributed by atoms with E-state index in [2.05, 4.69) is 16.6 Å². The van der Waals surface area contributed by atoms with Crippen LogP contribution in [0.25, 0.3) is 0 Å². The smallest absolute Gasteiger partial charge is 0.330 e. The van der Waals surface area contributed by atoms with Crippen molar-refractivity contribution in [2.24, 2.45) is 0 Å². The standard InChI is InChI=1S/C38H43FN3O8P/c1-37-22-9-8-12-31(37)41(2)51(50-37)49-34-30(48-35(33(34)39)42-23-21-32(43)40-36(42)44)24-47-38(25-10-6-5-7-11-25,26-13-17-28(45-3)18-14-26)27-15-19-29(46-4)20-16-27/h5-7,10-11,13-21,23,30-31,33-35H,8-9,12,22,24H2,1-4H3,(H,40,43,44)/t30-,31+,33-,34-,35-,37+,51+/m1/s1. The number of nitrogens with zero attached hydrogens (tertiary/aromatic N) is 2. The number of halogens is 1. The molecule has 1 N–H and O–H groups in total. The Labute approximate surface area is 297 Å². The summed E-state index contributed by atoms with van der Waals surface area (Å²) in [4.78, 5) is 27.0. The van der Waals surface area contributed by atoms with Gasteiger partial charge in [-0.1, -0.05) is 67.4 Å². The van der Waals surface area contributed by atoms with Crippen LogP contribution in [0.2, 0.25) is 0 Å². The van der Waals surface area contributed by atoms with Gasteiger partial charge in [0.25, 0.3) is 14.1 Å². The molecule has 3 fully saturated rings. The van der Waals surface area contributed by atoms with Crippen molar-refractivity contribution >= 4 is 8.53 Å². The SMILES string of the molecule is COc1ccc(C(OC[C@H]2O[C@@H](n3ccc(=O)[nH]c3=O)[C@H](F)[C@@H]2O[P@@]2O[C@@]3(C)CCCC[C@@H]3N2C)(c2ccccc2)c2ccc(OC)cc2)cc1. The highest BCUT2D eigenvalue weighted by Gasteiger charge is 2.56. The van der Waals surface area contributed by atoms with E-state index in [9.17, 15) is 9.59 Å². The third-order valence-electron chi connectivity index (χ3n) is 10.3. The molecular weight excluding hydrogens is 676 g/mol. The number of hydrogen-bond acceptors (Lipinski definition) is 9. The maximum absolute atomic E-state index is 16.8. The van der Waals surface area contributed by atoms with E-state index in [0.29, 0.717) is 11.5 Å². The quantitative estimate of drug-likeness (QED) is 0.146. The number of H-pyrrole nitrogens is 1. The number of alkyl halides is 1. The van der Waals surface area contributed by atoms with Crippen molar-refractivity contribution in [2.75, 3.05) is 27.9 Å². The Morgan fingerprint density at radius 3 is 2.14 bits per heavy atom. The van der Waals surface area contributed by atoms with E-state index in [-0.39, 0.29) is 12.6 Å². The summed E-state index contributed by atoms with van der Waals surface area (Å²) in [5, 5.41) is 0. The maximum atomic E-state index is 16.8. The Hall–Kier alpha value is -3.90. The fourth-order valence-electron chi connectivity index (χ4n) is 7.62. The number of likely N-dealkylation sites (N-methyl/N-ethyl adjacent to an activating group) is 1. The molecule has 2 saturated heterocycles. The third-order valence-corrected chi connectivity index (χ3v) is 12.1. The number of aromatic nitrogens is 2. The first-order valence-electron chi connectivity index (χ1n) is 17.1. The molecule has 3 aromatic carbocycles. The van der Waals surface area contributed by atoms with Crippen LogP contribution in [0.15, 0.2) is 101 Å². The zero-order valence-electron chi connectivity index (χ0n) is 29.1. The van der Waals surface area contributed by atoms with Crippen LogP contribution in [0.1, 0.15) is 55.5 Å². The van der Waals surface area contributed by atoms with Crippen LogP contribution in [-0.4, -0.2) is 72.1 Å². The topological polar surface area (TPSA) is 113 Å². The predicted molar refractivity (Wildman–Crippen MR) is 190 cm³/mol. The van der Waals surface area contributed by atoms with E-state index in [1.165, 1.54) is 6.20 Å². The third kappa shape index (κ3) is 6.65. The molecule has 7 atom stereocenters. The van der Waals surface area contributed by atoms with Gasteiger partial charge in [-0.3, -0.25) is 14.3 Å². The van der Waals surface area contributed by atoms with Crippen LogP contribution in [0.3, 0.4) is 0 Å². The van der Waals surface area contributed by atoms with E-state index >= 15 is 4.39 Å². The van der Waals surface area contributed by atoms with Gasteiger partial charge in [0.2, 0.25) is 0 Å². The van der Waals surface area contributed by atoms with Crippen molar-refractivity contribution in [3.8, 4) is 11.5 Å². The second kappa shape index (κ2) is 14.6. The minimum absolute atomic E-state index is 0.139. The van der Waals surface area contributed by atoms with Crippen LogP contribution in [0.5, 0.6) is 11.5 Å². The second-order valence-electron chi connectivity index (χ2n) is 13.4. The number of aromatic amines is 1. The van der Waals surface area contributed by atoms with E-state index in [4.69, 9.17) is 28.0 Å². The van der Waals surface area contributed by atoms with Crippen molar-refractivity contribution in [3.63, 3.8) is 0 Å². The lowest BCUT2D eigenvalue weighted by Gasteiger charge is -2.37. The largest absolute Gasteiger partial charge is 0.497 e. The highest BCUT2D eigenvalue weighted by Crippen LogP contribution is 2.61. The number of ether oxygens (including phenoxy) is 4. The first-order chi connectivity index (χ1) is 24.7. The van der Waals surface area contributed by atoms with Gasteiger partial charge in [-0.15, -0.1) is 0 Å². The number of benzene rings is 3. The lowest BCUT2D eigenvalue weighted by molar-refractivity contribution is -0.0932. The van der Waals surface area contributed by atoms with Crippen LogP contribution in [0.4, 0.5) is 4.39 Å². The summed E-state index contributed by atoms with van der Waals surface area (Å²) in [5.41, 5.74) is -0.590. The predicted octanol–water partition coefficient (Wildman–Crippen LogP) is 6.07. The molecule has 0 amide bonds. The van der Waals surface area contributed by atoms with E-state index in [1.807, 2.05) is 85.9 Å². The molecule has 1 aliphatic carbocycles. The molecule has 2 aliphatic heterocycles. The summed E-state index contributed by atoms with van der Waals surface area (Å²) in [6.45, 7) is 1.96. The van der Waals surface area contributed by atoms with Crippen LogP contribution < -0.4 is 20.7 Å². The Morgan fingerprint density at radius 2 is 1.55 bits per heavy atom. The number of rotatable bonds is 11.